The first-order chi connectivity index (χ1) is 8.15. The van der Waals surface area contributed by atoms with Gasteiger partial charge in [-0.05, 0) is 0 Å². The van der Waals surface area contributed by atoms with Crippen LogP contribution < -0.4 is 5.32 Å². The van der Waals surface area contributed by atoms with Crippen LogP contribution in [-0.4, -0.2) is 34.4 Å². The number of carboxylic acids is 1. The Hall–Kier alpha value is -1.82. The Morgan fingerprint density at radius 3 is 2.53 bits per heavy atom. The maximum Gasteiger partial charge on any atom is 0.327 e. The molecule has 1 unspecified atom stereocenters. The fraction of sp³-hybridized carbons (Fsp3) is 0.182. The number of benzene rings is 1. The molecule has 1 aromatic carbocycles. The van der Waals surface area contributed by atoms with Gasteiger partial charge in [-0.2, -0.15) is 0 Å². The number of thioether (sulfide) groups is 1. The summed E-state index contributed by atoms with van der Waals surface area (Å²) in [4.78, 5) is 32.5. The molecule has 1 rings (SSSR count). The molecule has 1 atom stereocenters. The predicted molar refractivity (Wildman–Crippen MR) is 63.9 cm³/mol. The molecule has 17 heavy (non-hydrogen) atoms. The van der Waals surface area contributed by atoms with Crippen molar-refractivity contribution in [2.24, 2.45) is 0 Å². The van der Waals surface area contributed by atoms with E-state index in [1.165, 1.54) is 0 Å². The number of nitrogens with one attached hydrogen (secondary N) is 1. The second kappa shape index (κ2) is 6.70. The molecule has 0 heterocycles. The number of carboxylic acid groups (broad SMARTS) is 1. The van der Waals surface area contributed by atoms with Gasteiger partial charge in [-0.25, -0.2) is 4.79 Å². The van der Waals surface area contributed by atoms with E-state index >= 15 is 0 Å². The molecule has 0 fully saturated rings. The van der Waals surface area contributed by atoms with Gasteiger partial charge in [0.05, 0.1) is 0 Å². The van der Waals surface area contributed by atoms with E-state index in [1.807, 2.05) is 0 Å². The van der Waals surface area contributed by atoms with E-state index in [-0.39, 0.29) is 10.9 Å². The van der Waals surface area contributed by atoms with Crippen LogP contribution in [0.4, 0.5) is 0 Å². The summed E-state index contributed by atoms with van der Waals surface area (Å²) >= 11 is 0.865. The molecule has 1 amide bonds. The normalized spacial score (nSPS) is 11.5. The molecule has 0 aliphatic rings. The van der Waals surface area contributed by atoms with E-state index in [2.05, 4.69) is 5.32 Å². The van der Waals surface area contributed by atoms with E-state index in [4.69, 9.17) is 5.11 Å². The molecule has 90 valence electrons. The second-order valence-electron chi connectivity index (χ2n) is 3.14. The number of carbonyl (C=O) groups excluding carboxylic acids is 2. The summed E-state index contributed by atoms with van der Waals surface area (Å²) in [6.45, 7) is 0. The van der Waals surface area contributed by atoms with Crippen molar-refractivity contribution in [2.45, 2.75) is 6.04 Å². The van der Waals surface area contributed by atoms with Crippen molar-refractivity contribution in [2.75, 3.05) is 5.75 Å². The minimum absolute atomic E-state index is 0.00179. The Morgan fingerprint density at radius 2 is 2.00 bits per heavy atom. The highest BCUT2D eigenvalue weighted by molar-refractivity contribution is 8.14. The SMILES string of the molecule is O=CNC(CSC(=O)c1ccccc1)C(=O)O. The van der Waals surface area contributed by atoms with Crippen molar-refractivity contribution in [3.8, 4) is 0 Å². The van der Waals surface area contributed by atoms with Gasteiger partial charge in [0.15, 0.2) is 0 Å². The van der Waals surface area contributed by atoms with Crippen LogP contribution in [-0.2, 0) is 9.59 Å². The summed E-state index contributed by atoms with van der Waals surface area (Å²) in [7, 11) is 0. The average molecular weight is 253 g/mol. The van der Waals surface area contributed by atoms with E-state index in [9.17, 15) is 14.4 Å². The van der Waals surface area contributed by atoms with Crippen molar-refractivity contribution in [1.82, 2.24) is 5.32 Å². The number of hydrogen-bond donors (Lipinski definition) is 2. The van der Waals surface area contributed by atoms with Gasteiger partial charge in [0.2, 0.25) is 11.5 Å². The average Bonchev–Trinajstić information content (AvgIpc) is 2.34. The third kappa shape index (κ3) is 4.28. The van der Waals surface area contributed by atoms with E-state index in [0.717, 1.165) is 11.8 Å². The highest BCUT2D eigenvalue weighted by atomic mass is 32.2. The summed E-state index contributed by atoms with van der Waals surface area (Å²) in [5.41, 5.74) is 0.507. The molecule has 0 saturated carbocycles. The molecular weight excluding hydrogens is 242 g/mol. The standard InChI is InChI=1S/C11H11NO4S/c13-7-12-9(10(14)15)6-17-11(16)8-4-2-1-3-5-8/h1-5,7,9H,6H2,(H,12,13)(H,14,15). The monoisotopic (exact) mass is 253 g/mol. The molecular formula is C11H11NO4S. The molecule has 2 N–H and O–H groups in total. The van der Waals surface area contributed by atoms with E-state index in [0.29, 0.717) is 12.0 Å². The minimum atomic E-state index is -1.16. The van der Waals surface area contributed by atoms with Crippen LogP contribution >= 0.6 is 11.8 Å². The number of amides is 1. The van der Waals surface area contributed by atoms with E-state index in [1.54, 1.807) is 30.3 Å². The summed E-state index contributed by atoms with van der Waals surface area (Å²) in [6.07, 6.45) is 0.312. The molecule has 0 aliphatic carbocycles. The van der Waals surface area contributed by atoms with Gasteiger partial charge < -0.3 is 10.4 Å². The third-order valence-corrected chi connectivity index (χ3v) is 2.96. The number of rotatable bonds is 6. The Morgan fingerprint density at radius 1 is 1.35 bits per heavy atom. The maximum atomic E-state index is 11.6. The van der Waals surface area contributed by atoms with Crippen LogP contribution in [0.5, 0.6) is 0 Å². The number of aliphatic carboxylic acids is 1. The molecule has 0 aliphatic heterocycles. The first-order valence-electron chi connectivity index (χ1n) is 4.80. The van der Waals surface area contributed by atoms with Gasteiger partial charge in [0.1, 0.15) is 6.04 Å². The Labute approximate surface area is 102 Å². The fourth-order valence-corrected chi connectivity index (χ4v) is 1.95. The molecule has 0 aromatic heterocycles. The fourth-order valence-electron chi connectivity index (χ4n) is 1.09. The number of carbonyl (C=O) groups is 3. The lowest BCUT2D eigenvalue weighted by molar-refractivity contribution is -0.139. The first-order valence-corrected chi connectivity index (χ1v) is 5.78. The predicted octanol–water partition coefficient (Wildman–Crippen LogP) is 0.759. The van der Waals surface area contributed by atoms with Crippen molar-refractivity contribution in [1.29, 1.82) is 0 Å². The zero-order valence-corrected chi connectivity index (χ0v) is 9.65. The van der Waals surface area contributed by atoms with Gasteiger partial charge in [0, 0.05) is 11.3 Å². The molecule has 5 nitrogen and oxygen atoms in total. The first kappa shape index (κ1) is 13.2. The smallest absolute Gasteiger partial charge is 0.327 e. The molecule has 0 bridgehead atoms. The van der Waals surface area contributed by atoms with Gasteiger partial charge >= 0.3 is 5.97 Å². The zero-order valence-electron chi connectivity index (χ0n) is 8.83. The molecule has 0 radical (unpaired) electrons. The lowest BCUT2D eigenvalue weighted by Crippen LogP contribution is -2.38. The molecule has 6 heteroatoms. The number of hydrogen-bond acceptors (Lipinski definition) is 4. The Bertz CT molecular complexity index is 407. The largest absolute Gasteiger partial charge is 0.480 e. The summed E-state index contributed by atoms with van der Waals surface area (Å²) in [5.74, 6) is -1.16. The van der Waals surface area contributed by atoms with Crippen LogP contribution in [0.3, 0.4) is 0 Å². The lowest BCUT2D eigenvalue weighted by Gasteiger charge is -2.09. The highest BCUT2D eigenvalue weighted by Gasteiger charge is 2.18. The van der Waals surface area contributed by atoms with Gasteiger partial charge in [0.25, 0.3) is 0 Å². The quantitative estimate of drug-likeness (QED) is 0.731. The lowest BCUT2D eigenvalue weighted by atomic mass is 10.2. The summed E-state index contributed by atoms with van der Waals surface area (Å²) in [5, 5.41) is 10.7. The summed E-state index contributed by atoms with van der Waals surface area (Å²) < 4.78 is 0. The van der Waals surface area contributed by atoms with Crippen LogP contribution in [0.25, 0.3) is 0 Å². The third-order valence-electron chi connectivity index (χ3n) is 1.96. The van der Waals surface area contributed by atoms with Crippen molar-refractivity contribution in [3.05, 3.63) is 35.9 Å². The van der Waals surface area contributed by atoms with Crippen LogP contribution in [0, 0.1) is 0 Å². The van der Waals surface area contributed by atoms with E-state index < -0.39 is 12.0 Å². The Balaban J connectivity index is 2.52. The topological polar surface area (TPSA) is 83.5 Å². The summed E-state index contributed by atoms with van der Waals surface area (Å²) in [6, 6.07) is 7.50. The minimum Gasteiger partial charge on any atom is -0.480 e. The molecule has 0 spiro atoms. The second-order valence-corrected chi connectivity index (χ2v) is 4.13. The van der Waals surface area contributed by atoms with Gasteiger partial charge in [-0.1, -0.05) is 42.1 Å². The van der Waals surface area contributed by atoms with Crippen molar-refractivity contribution >= 4 is 29.3 Å². The maximum absolute atomic E-state index is 11.6. The zero-order chi connectivity index (χ0) is 12.7. The van der Waals surface area contributed by atoms with Crippen LogP contribution in [0.2, 0.25) is 0 Å². The molecule has 0 saturated heterocycles. The van der Waals surface area contributed by atoms with Crippen molar-refractivity contribution in [3.63, 3.8) is 0 Å². The highest BCUT2D eigenvalue weighted by Crippen LogP contribution is 2.13. The molecule has 1 aromatic rings. The van der Waals surface area contributed by atoms with Gasteiger partial charge in [-0.15, -0.1) is 0 Å². The van der Waals surface area contributed by atoms with Gasteiger partial charge in [-0.3, -0.25) is 9.59 Å². The van der Waals surface area contributed by atoms with Crippen molar-refractivity contribution < 1.29 is 19.5 Å². The Kier molecular flexibility index (Phi) is 5.22. The van der Waals surface area contributed by atoms with Crippen LogP contribution in [0.15, 0.2) is 30.3 Å². The van der Waals surface area contributed by atoms with Crippen LogP contribution in [0.1, 0.15) is 10.4 Å².